The van der Waals surface area contributed by atoms with Crippen molar-refractivity contribution >= 4 is 39.0 Å². The lowest BCUT2D eigenvalue weighted by Crippen LogP contribution is -2.49. The first-order chi connectivity index (χ1) is 14.7. The Labute approximate surface area is 178 Å². The average Bonchev–Trinajstić information content (AvgIpc) is 3.30. The van der Waals surface area contributed by atoms with E-state index in [1.165, 1.54) is 4.88 Å². The van der Waals surface area contributed by atoms with Crippen LogP contribution in [0.5, 0.6) is 0 Å². The highest BCUT2D eigenvalue weighted by atomic mass is 32.1. The lowest BCUT2D eigenvalue weighted by Gasteiger charge is -2.34. The first kappa shape index (κ1) is 19.0. The standard InChI is InChI=1S/C24H23N3O2S/c28-23(26-13-11-25(12-14-26)16-18-6-5-15-30-18)17-27-21-9-3-1-7-19(21)24(29)20-8-2-4-10-22(20)27/h1-10,15H,11-14,16-17H2. The van der Waals surface area contributed by atoms with Crippen LogP contribution < -0.4 is 5.43 Å². The number of pyridine rings is 1. The molecule has 3 heterocycles. The van der Waals surface area contributed by atoms with Crippen LogP contribution in [0.3, 0.4) is 0 Å². The number of rotatable bonds is 4. The Morgan fingerprint density at radius 1 is 0.833 bits per heavy atom. The van der Waals surface area contributed by atoms with Gasteiger partial charge in [0, 0.05) is 48.4 Å². The maximum atomic E-state index is 13.2. The molecule has 1 aliphatic heterocycles. The molecule has 0 bridgehead atoms. The van der Waals surface area contributed by atoms with E-state index in [0.29, 0.717) is 10.8 Å². The fraction of sp³-hybridized carbons (Fsp3) is 0.250. The molecule has 0 saturated carbocycles. The Morgan fingerprint density at radius 2 is 1.47 bits per heavy atom. The number of aromatic nitrogens is 1. The van der Waals surface area contributed by atoms with E-state index in [4.69, 9.17) is 0 Å². The first-order valence-electron chi connectivity index (χ1n) is 10.2. The van der Waals surface area contributed by atoms with Crippen molar-refractivity contribution in [2.45, 2.75) is 13.1 Å². The number of fused-ring (bicyclic) bond motifs is 2. The summed E-state index contributed by atoms with van der Waals surface area (Å²) in [4.78, 5) is 31.8. The summed E-state index contributed by atoms with van der Waals surface area (Å²) in [6.45, 7) is 4.44. The highest BCUT2D eigenvalue weighted by molar-refractivity contribution is 7.09. The van der Waals surface area contributed by atoms with Crippen molar-refractivity contribution in [3.05, 3.63) is 81.1 Å². The Balaban J connectivity index is 1.38. The van der Waals surface area contributed by atoms with Crippen LogP contribution in [0.15, 0.2) is 70.8 Å². The van der Waals surface area contributed by atoms with Gasteiger partial charge in [-0.25, -0.2) is 0 Å². The van der Waals surface area contributed by atoms with Gasteiger partial charge in [0.2, 0.25) is 5.91 Å². The fourth-order valence-electron chi connectivity index (χ4n) is 4.26. The SMILES string of the molecule is O=C(Cn1c2ccccc2c(=O)c2ccccc21)N1CCN(Cc2cccs2)CC1. The van der Waals surface area contributed by atoms with Crippen LogP contribution in [-0.2, 0) is 17.9 Å². The van der Waals surface area contributed by atoms with E-state index < -0.39 is 0 Å². The molecule has 0 unspecified atom stereocenters. The smallest absolute Gasteiger partial charge is 0.242 e. The Bertz CT molecular complexity index is 1190. The maximum absolute atomic E-state index is 13.2. The molecular weight excluding hydrogens is 394 g/mol. The summed E-state index contributed by atoms with van der Waals surface area (Å²) >= 11 is 1.78. The van der Waals surface area contributed by atoms with Crippen molar-refractivity contribution in [3.63, 3.8) is 0 Å². The number of benzene rings is 2. The van der Waals surface area contributed by atoms with Gasteiger partial charge in [0.1, 0.15) is 6.54 Å². The molecular formula is C24H23N3O2S. The summed E-state index contributed by atoms with van der Waals surface area (Å²) in [6.07, 6.45) is 0. The van der Waals surface area contributed by atoms with Crippen molar-refractivity contribution in [1.82, 2.24) is 14.4 Å². The van der Waals surface area contributed by atoms with E-state index in [2.05, 4.69) is 22.4 Å². The fourth-order valence-corrected chi connectivity index (χ4v) is 5.01. The summed E-state index contributed by atoms with van der Waals surface area (Å²) in [5, 5.41) is 3.42. The second-order valence-corrected chi connectivity index (χ2v) is 8.72. The molecule has 0 spiro atoms. The van der Waals surface area contributed by atoms with Gasteiger partial charge in [-0.1, -0.05) is 30.3 Å². The Morgan fingerprint density at radius 3 is 2.07 bits per heavy atom. The molecule has 1 aliphatic rings. The lowest BCUT2D eigenvalue weighted by molar-refractivity contribution is -0.133. The van der Waals surface area contributed by atoms with Crippen LogP contribution in [0.1, 0.15) is 4.88 Å². The van der Waals surface area contributed by atoms with Gasteiger partial charge < -0.3 is 9.47 Å². The maximum Gasteiger partial charge on any atom is 0.242 e. The van der Waals surface area contributed by atoms with Gasteiger partial charge in [0.25, 0.3) is 0 Å². The van der Waals surface area contributed by atoms with Crippen LogP contribution in [0.25, 0.3) is 21.8 Å². The van der Waals surface area contributed by atoms with E-state index >= 15 is 0 Å². The average molecular weight is 418 g/mol. The van der Waals surface area contributed by atoms with Crippen molar-refractivity contribution in [3.8, 4) is 0 Å². The summed E-state index contributed by atoms with van der Waals surface area (Å²) in [5.74, 6) is 0.102. The van der Waals surface area contributed by atoms with E-state index in [1.54, 1.807) is 11.3 Å². The van der Waals surface area contributed by atoms with E-state index in [9.17, 15) is 9.59 Å². The molecule has 4 aromatic rings. The summed E-state index contributed by atoms with van der Waals surface area (Å²) in [7, 11) is 0. The minimum absolute atomic E-state index is 0.0205. The number of carbonyl (C=O) groups is 1. The number of nitrogens with zero attached hydrogens (tertiary/aromatic N) is 3. The number of piperazine rings is 1. The quantitative estimate of drug-likeness (QED) is 0.477. The number of hydrogen-bond donors (Lipinski definition) is 0. The van der Waals surface area contributed by atoms with E-state index in [0.717, 1.165) is 43.8 Å². The number of amides is 1. The highest BCUT2D eigenvalue weighted by Gasteiger charge is 2.22. The predicted octanol–water partition coefficient (Wildman–Crippen LogP) is 3.56. The van der Waals surface area contributed by atoms with Crippen molar-refractivity contribution in [2.75, 3.05) is 26.2 Å². The lowest BCUT2D eigenvalue weighted by atomic mass is 10.1. The van der Waals surface area contributed by atoms with Gasteiger partial charge in [-0.15, -0.1) is 11.3 Å². The first-order valence-corrected chi connectivity index (χ1v) is 11.1. The third kappa shape index (κ3) is 3.53. The molecule has 0 aliphatic carbocycles. The largest absolute Gasteiger partial charge is 0.339 e. The molecule has 1 saturated heterocycles. The van der Waals surface area contributed by atoms with Crippen LogP contribution >= 0.6 is 11.3 Å². The molecule has 5 nitrogen and oxygen atoms in total. The second-order valence-electron chi connectivity index (χ2n) is 7.69. The second kappa shape index (κ2) is 8.05. The zero-order chi connectivity index (χ0) is 20.5. The van der Waals surface area contributed by atoms with Crippen molar-refractivity contribution < 1.29 is 4.79 Å². The normalized spacial score (nSPS) is 15.1. The molecule has 2 aromatic carbocycles. The third-order valence-corrected chi connectivity index (χ3v) is 6.72. The molecule has 0 radical (unpaired) electrons. The van der Waals surface area contributed by atoms with Crippen LogP contribution in [-0.4, -0.2) is 46.5 Å². The minimum atomic E-state index is 0.0205. The van der Waals surface area contributed by atoms with Crippen LogP contribution in [0.4, 0.5) is 0 Å². The van der Waals surface area contributed by atoms with Gasteiger partial charge in [0.05, 0.1) is 11.0 Å². The monoisotopic (exact) mass is 417 g/mol. The molecule has 30 heavy (non-hydrogen) atoms. The molecule has 152 valence electrons. The van der Waals surface area contributed by atoms with Crippen LogP contribution in [0.2, 0.25) is 0 Å². The zero-order valence-electron chi connectivity index (χ0n) is 16.7. The van der Waals surface area contributed by atoms with E-state index in [-0.39, 0.29) is 17.9 Å². The minimum Gasteiger partial charge on any atom is -0.339 e. The Hall–Kier alpha value is -2.96. The third-order valence-electron chi connectivity index (χ3n) is 5.86. The molecule has 1 fully saturated rings. The molecule has 1 amide bonds. The summed E-state index contributed by atoms with van der Waals surface area (Å²) in [6, 6.07) is 19.4. The van der Waals surface area contributed by atoms with Gasteiger partial charge in [-0.3, -0.25) is 14.5 Å². The molecule has 0 N–H and O–H groups in total. The number of carbonyl (C=O) groups excluding carboxylic acids is 1. The predicted molar refractivity (Wildman–Crippen MR) is 122 cm³/mol. The van der Waals surface area contributed by atoms with Gasteiger partial charge in [-0.2, -0.15) is 0 Å². The van der Waals surface area contributed by atoms with Gasteiger partial charge >= 0.3 is 0 Å². The molecule has 5 rings (SSSR count). The molecule has 2 aromatic heterocycles. The van der Waals surface area contributed by atoms with E-state index in [1.807, 2.05) is 58.0 Å². The van der Waals surface area contributed by atoms with Gasteiger partial charge in [0.15, 0.2) is 5.43 Å². The number of hydrogen-bond acceptors (Lipinski definition) is 4. The number of thiophene rings is 1. The zero-order valence-corrected chi connectivity index (χ0v) is 17.5. The van der Waals surface area contributed by atoms with Crippen molar-refractivity contribution in [1.29, 1.82) is 0 Å². The topological polar surface area (TPSA) is 45.6 Å². The van der Waals surface area contributed by atoms with Crippen molar-refractivity contribution in [2.24, 2.45) is 0 Å². The molecule has 0 atom stereocenters. The summed E-state index contributed by atoms with van der Waals surface area (Å²) < 4.78 is 1.99. The Kier molecular flexibility index (Phi) is 5.11. The molecule has 6 heteroatoms. The highest BCUT2D eigenvalue weighted by Crippen LogP contribution is 2.20. The number of para-hydroxylation sites is 2. The van der Waals surface area contributed by atoms with Crippen LogP contribution in [0, 0.1) is 0 Å². The van der Waals surface area contributed by atoms with Gasteiger partial charge in [-0.05, 0) is 35.7 Å². The summed E-state index contributed by atoms with van der Waals surface area (Å²) in [5.41, 5.74) is 1.64.